The van der Waals surface area contributed by atoms with E-state index in [1.54, 1.807) is 19.0 Å². The van der Waals surface area contributed by atoms with E-state index in [4.69, 9.17) is 0 Å². The summed E-state index contributed by atoms with van der Waals surface area (Å²) in [5.41, 5.74) is 0.537. The number of hydrogen-bond donors (Lipinski definition) is 0. The molecule has 1 aliphatic heterocycles. The third-order valence-electron chi connectivity index (χ3n) is 5.73. The van der Waals surface area contributed by atoms with Crippen LogP contribution < -0.4 is 0 Å². The molecule has 3 aromatic rings. The molecule has 2 atom stereocenters. The summed E-state index contributed by atoms with van der Waals surface area (Å²) in [5.74, 6) is 0.334. The molecule has 0 spiro atoms. The number of likely N-dealkylation sites (N-methyl/N-ethyl adjacent to an activating group) is 1. The molecule has 6 nitrogen and oxygen atoms in total. The minimum Gasteiger partial charge on any atom is -0.347 e. The van der Waals surface area contributed by atoms with Gasteiger partial charge in [-0.05, 0) is 37.1 Å². The molecular weight excluding hydrogens is 407 g/mol. The minimum atomic E-state index is -4.44. The second-order valence-corrected chi connectivity index (χ2v) is 8.08. The molecule has 1 fully saturated rings. The van der Waals surface area contributed by atoms with Crippen LogP contribution in [-0.2, 0) is 11.0 Å². The minimum absolute atomic E-state index is 0.0303. The molecule has 1 aromatic carbocycles. The maximum atomic E-state index is 13.2. The Hall–Kier alpha value is -2.94. The number of halogens is 3. The Morgan fingerprint density at radius 2 is 1.87 bits per heavy atom. The average molecular weight is 431 g/mol. The molecule has 4 rings (SSSR count). The Bertz CT molecular complexity index is 1060. The van der Waals surface area contributed by atoms with E-state index in [-0.39, 0.29) is 11.8 Å². The van der Waals surface area contributed by atoms with Gasteiger partial charge in [-0.25, -0.2) is 0 Å². The summed E-state index contributed by atoms with van der Waals surface area (Å²) in [6, 6.07) is 11.5. The Morgan fingerprint density at radius 3 is 2.55 bits per heavy atom. The number of likely N-dealkylation sites (tertiary alicyclic amines) is 1. The standard InChI is InChI=1S/C22H24F3N5O/c1-28(2)21(31)19(15-7-4-3-5-8-15)29-12-6-9-16(13-29)20-27-26-18-11-10-17(14-30(18)20)22(23,24)25/h3-5,7-8,10-11,14,16,19H,6,9,12-13H2,1-2H3. The number of carbonyl (C=O) groups excluding carboxylic acids is 1. The predicted molar refractivity (Wildman–Crippen MR) is 109 cm³/mol. The zero-order chi connectivity index (χ0) is 22.2. The molecule has 1 amide bonds. The number of amides is 1. The molecule has 3 heterocycles. The predicted octanol–water partition coefficient (Wildman–Crippen LogP) is 3.76. The van der Waals surface area contributed by atoms with E-state index in [1.807, 2.05) is 30.3 Å². The Morgan fingerprint density at radius 1 is 1.13 bits per heavy atom. The lowest BCUT2D eigenvalue weighted by atomic mass is 9.93. The summed E-state index contributed by atoms with van der Waals surface area (Å²) in [7, 11) is 3.45. The van der Waals surface area contributed by atoms with Crippen molar-refractivity contribution < 1.29 is 18.0 Å². The number of alkyl halides is 3. The van der Waals surface area contributed by atoms with Crippen molar-refractivity contribution >= 4 is 11.6 Å². The first kappa shape index (κ1) is 21.3. The van der Waals surface area contributed by atoms with Crippen LogP contribution in [0.25, 0.3) is 5.65 Å². The van der Waals surface area contributed by atoms with Gasteiger partial charge in [-0.15, -0.1) is 10.2 Å². The van der Waals surface area contributed by atoms with Gasteiger partial charge in [-0.1, -0.05) is 30.3 Å². The number of rotatable bonds is 4. The Labute approximate surface area is 178 Å². The summed E-state index contributed by atoms with van der Waals surface area (Å²) in [6.07, 6.45) is -1.80. The highest BCUT2D eigenvalue weighted by Gasteiger charge is 2.35. The normalized spacial score (nSPS) is 18.8. The van der Waals surface area contributed by atoms with E-state index in [0.29, 0.717) is 18.0 Å². The Balaban J connectivity index is 1.67. The van der Waals surface area contributed by atoms with Crippen LogP contribution in [0.15, 0.2) is 48.7 Å². The van der Waals surface area contributed by atoms with Crippen LogP contribution in [-0.4, -0.2) is 57.5 Å². The quantitative estimate of drug-likeness (QED) is 0.631. The number of fused-ring (bicyclic) bond motifs is 1. The molecule has 9 heteroatoms. The topological polar surface area (TPSA) is 53.7 Å². The number of piperidine rings is 1. The molecule has 1 aliphatic rings. The van der Waals surface area contributed by atoms with Gasteiger partial charge in [-0.3, -0.25) is 14.1 Å². The van der Waals surface area contributed by atoms with Crippen LogP contribution >= 0.6 is 0 Å². The monoisotopic (exact) mass is 431 g/mol. The van der Waals surface area contributed by atoms with E-state index < -0.39 is 17.8 Å². The zero-order valence-electron chi connectivity index (χ0n) is 17.4. The third kappa shape index (κ3) is 4.27. The summed E-state index contributed by atoms with van der Waals surface area (Å²) in [4.78, 5) is 16.7. The number of carbonyl (C=O) groups is 1. The van der Waals surface area contributed by atoms with Crippen LogP contribution in [0.3, 0.4) is 0 Å². The van der Waals surface area contributed by atoms with Crippen LogP contribution in [0.4, 0.5) is 13.2 Å². The molecule has 0 saturated carbocycles. The van der Waals surface area contributed by atoms with Crippen molar-refractivity contribution in [2.24, 2.45) is 0 Å². The van der Waals surface area contributed by atoms with Crippen molar-refractivity contribution in [2.45, 2.75) is 31.0 Å². The fourth-order valence-corrected chi connectivity index (χ4v) is 4.20. The molecule has 1 saturated heterocycles. The van der Waals surface area contributed by atoms with Gasteiger partial charge in [-0.2, -0.15) is 13.2 Å². The van der Waals surface area contributed by atoms with E-state index in [0.717, 1.165) is 37.2 Å². The van der Waals surface area contributed by atoms with E-state index in [2.05, 4.69) is 15.1 Å². The number of benzene rings is 1. The maximum absolute atomic E-state index is 13.2. The lowest BCUT2D eigenvalue weighted by molar-refractivity contribution is -0.138. The van der Waals surface area contributed by atoms with Crippen molar-refractivity contribution in [3.05, 3.63) is 65.6 Å². The van der Waals surface area contributed by atoms with E-state index in [9.17, 15) is 18.0 Å². The van der Waals surface area contributed by atoms with Crippen molar-refractivity contribution in [2.75, 3.05) is 27.2 Å². The van der Waals surface area contributed by atoms with Gasteiger partial charge in [0.15, 0.2) is 5.65 Å². The molecule has 164 valence electrons. The van der Waals surface area contributed by atoms with Gasteiger partial charge in [0.2, 0.25) is 5.91 Å². The smallest absolute Gasteiger partial charge is 0.347 e. The fraction of sp³-hybridized carbons (Fsp3) is 0.409. The van der Waals surface area contributed by atoms with Crippen molar-refractivity contribution in [3.8, 4) is 0 Å². The van der Waals surface area contributed by atoms with E-state index >= 15 is 0 Å². The lowest BCUT2D eigenvalue weighted by Crippen LogP contribution is -2.44. The molecule has 2 aromatic heterocycles. The zero-order valence-corrected chi connectivity index (χ0v) is 17.4. The van der Waals surface area contributed by atoms with Crippen molar-refractivity contribution in [1.82, 2.24) is 24.4 Å². The molecule has 2 unspecified atom stereocenters. The van der Waals surface area contributed by atoms with Gasteiger partial charge in [0.05, 0.1) is 5.56 Å². The number of pyridine rings is 1. The second kappa shape index (κ2) is 8.30. The summed E-state index contributed by atoms with van der Waals surface area (Å²) >= 11 is 0. The lowest BCUT2D eigenvalue weighted by Gasteiger charge is -2.38. The number of aromatic nitrogens is 3. The summed E-state index contributed by atoms with van der Waals surface area (Å²) < 4.78 is 41.1. The molecular formula is C22H24F3N5O. The van der Waals surface area contributed by atoms with Crippen LogP contribution in [0.1, 0.15) is 41.8 Å². The highest BCUT2D eigenvalue weighted by atomic mass is 19.4. The average Bonchev–Trinajstić information content (AvgIpc) is 3.17. The van der Waals surface area contributed by atoms with Gasteiger partial charge >= 0.3 is 6.18 Å². The fourth-order valence-electron chi connectivity index (χ4n) is 4.20. The maximum Gasteiger partial charge on any atom is 0.417 e. The molecule has 0 radical (unpaired) electrons. The van der Waals surface area contributed by atoms with Crippen LogP contribution in [0.2, 0.25) is 0 Å². The number of nitrogens with zero attached hydrogens (tertiary/aromatic N) is 5. The molecule has 0 N–H and O–H groups in total. The van der Waals surface area contributed by atoms with Gasteiger partial charge in [0, 0.05) is 32.8 Å². The van der Waals surface area contributed by atoms with Crippen molar-refractivity contribution in [1.29, 1.82) is 0 Å². The first-order valence-corrected chi connectivity index (χ1v) is 10.2. The number of hydrogen-bond acceptors (Lipinski definition) is 4. The summed E-state index contributed by atoms with van der Waals surface area (Å²) in [5, 5.41) is 8.27. The second-order valence-electron chi connectivity index (χ2n) is 8.08. The highest BCUT2D eigenvalue weighted by molar-refractivity contribution is 5.82. The van der Waals surface area contributed by atoms with Gasteiger partial charge in [0.25, 0.3) is 0 Å². The molecule has 31 heavy (non-hydrogen) atoms. The Kier molecular flexibility index (Phi) is 5.70. The third-order valence-corrected chi connectivity index (χ3v) is 5.73. The van der Waals surface area contributed by atoms with Crippen LogP contribution in [0.5, 0.6) is 0 Å². The van der Waals surface area contributed by atoms with Crippen molar-refractivity contribution in [3.63, 3.8) is 0 Å². The van der Waals surface area contributed by atoms with Crippen LogP contribution in [0, 0.1) is 0 Å². The SMILES string of the molecule is CN(C)C(=O)C(c1ccccc1)N1CCCC(c2nnc3ccc(C(F)(F)F)cn23)C1. The largest absolute Gasteiger partial charge is 0.417 e. The molecule has 0 aliphatic carbocycles. The first-order chi connectivity index (χ1) is 14.8. The van der Waals surface area contributed by atoms with Gasteiger partial charge in [0.1, 0.15) is 11.9 Å². The van der Waals surface area contributed by atoms with Gasteiger partial charge < -0.3 is 4.90 Å². The summed E-state index contributed by atoms with van der Waals surface area (Å²) in [6.45, 7) is 1.23. The molecule has 0 bridgehead atoms. The first-order valence-electron chi connectivity index (χ1n) is 10.2. The van der Waals surface area contributed by atoms with E-state index in [1.165, 1.54) is 10.5 Å². The highest BCUT2D eigenvalue weighted by Crippen LogP contribution is 2.34.